The van der Waals surface area contributed by atoms with Gasteiger partial charge in [-0.15, -0.1) is 6.42 Å². The van der Waals surface area contributed by atoms with Gasteiger partial charge in [0.05, 0.1) is 52.3 Å². The van der Waals surface area contributed by atoms with Crippen molar-refractivity contribution in [1.29, 1.82) is 0 Å². The van der Waals surface area contributed by atoms with Crippen LogP contribution < -0.4 is 16.0 Å². The molecule has 1 aliphatic rings. The number of ether oxygens (including phenoxy) is 4. The number of hydrogen-bond acceptors (Lipinski definition) is 6. The summed E-state index contributed by atoms with van der Waals surface area (Å²) < 4.78 is 21.2. The SMILES string of the molecule is C#CCOCCOCCOCCOCCNC(=O)CCCCC[C@@H]1NC(=O)N[C@@H]1C. The van der Waals surface area contributed by atoms with Gasteiger partial charge >= 0.3 is 6.03 Å². The van der Waals surface area contributed by atoms with Crippen molar-refractivity contribution in [3.8, 4) is 12.3 Å². The van der Waals surface area contributed by atoms with E-state index in [-0.39, 0.29) is 24.0 Å². The Morgan fingerprint density at radius 1 is 0.967 bits per heavy atom. The smallest absolute Gasteiger partial charge is 0.315 e. The van der Waals surface area contributed by atoms with Crippen molar-refractivity contribution in [3.05, 3.63) is 0 Å². The minimum absolute atomic E-state index is 0.0439. The first-order chi connectivity index (χ1) is 14.6. The van der Waals surface area contributed by atoms with E-state index in [1.165, 1.54) is 0 Å². The van der Waals surface area contributed by atoms with Crippen molar-refractivity contribution in [2.24, 2.45) is 0 Å². The molecule has 0 aromatic carbocycles. The molecule has 9 nitrogen and oxygen atoms in total. The van der Waals surface area contributed by atoms with Gasteiger partial charge in [-0.1, -0.05) is 18.8 Å². The molecule has 30 heavy (non-hydrogen) atoms. The maximum Gasteiger partial charge on any atom is 0.315 e. The molecule has 3 N–H and O–H groups in total. The molecule has 0 radical (unpaired) electrons. The molecule has 2 atom stereocenters. The van der Waals surface area contributed by atoms with Crippen LogP contribution in [0, 0.1) is 12.3 Å². The number of terminal acetylenes is 1. The van der Waals surface area contributed by atoms with Crippen LogP contribution in [0.3, 0.4) is 0 Å². The van der Waals surface area contributed by atoms with E-state index in [1.54, 1.807) is 0 Å². The zero-order valence-corrected chi connectivity index (χ0v) is 18.1. The topological polar surface area (TPSA) is 107 Å². The Bertz CT molecular complexity index is 511. The Morgan fingerprint density at radius 2 is 1.60 bits per heavy atom. The predicted octanol–water partition coefficient (Wildman–Crippen LogP) is 0.823. The van der Waals surface area contributed by atoms with Gasteiger partial charge < -0.3 is 34.9 Å². The van der Waals surface area contributed by atoms with Crippen LogP contribution in [0.25, 0.3) is 0 Å². The number of unbranched alkanes of at least 4 members (excludes halogenated alkanes) is 2. The van der Waals surface area contributed by atoms with Crippen molar-refractivity contribution in [2.75, 3.05) is 59.4 Å². The van der Waals surface area contributed by atoms with Crippen LogP contribution in [-0.2, 0) is 23.7 Å². The zero-order valence-electron chi connectivity index (χ0n) is 18.1. The third-order valence-electron chi connectivity index (χ3n) is 4.57. The van der Waals surface area contributed by atoms with E-state index in [2.05, 4.69) is 21.9 Å². The van der Waals surface area contributed by atoms with E-state index >= 15 is 0 Å². The molecule has 1 saturated heterocycles. The van der Waals surface area contributed by atoms with Crippen molar-refractivity contribution < 1.29 is 28.5 Å². The van der Waals surface area contributed by atoms with Crippen LogP contribution in [-0.4, -0.2) is 83.4 Å². The average molecular weight is 428 g/mol. The lowest BCUT2D eigenvalue weighted by Crippen LogP contribution is -2.30. The molecule has 1 heterocycles. The predicted molar refractivity (Wildman–Crippen MR) is 113 cm³/mol. The quantitative estimate of drug-likeness (QED) is 0.208. The van der Waals surface area contributed by atoms with Gasteiger partial charge in [-0.25, -0.2) is 4.79 Å². The zero-order chi connectivity index (χ0) is 21.9. The molecular formula is C21H37N3O6. The lowest BCUT2D eigenvalue weighted by molar-refractivity contribution is -0.121. The first-order valence-corrected chi connectivity index (χ1v) is 10.7. The lowest BCUT2D eigenvalue weighted by atomic mass is 10.0. The fraction of sp³-hybridized carbons (Fsp3) is 0.810. The first-order valence-electron chi connectivity index (χ1n) is 10.7. The molecule has 1 aliphatic heterocycles. The minimum Gasteiger partial charge on any atom is -0.377 e. The van der Waals surface area contributed by atoms with Gasteiger partial charge in [-0.2, -0.15) is 0 Å². The summed E-state index contributed by atoms with van der Waals surface area (Å²) in [4.78, 5) is 23.0. The minimum atomic E-state index is -0.0898. The summed E-state index contributed by atoms with van der Waals surface area (Å²) in [5.74, 6) is 2.43. The maximum atomic E-state index is 11.8. The van der Waals surface area contributed by atoms with Crippen molar-refractivity contribution >= 4 is 11.9 Å². The van der Waals surface area contributed by atoms with Crippen molar-refractivity contribution in [3.63, 3.8) is 0 Å². The third kappa shape index (κ3) is 14.2. The molecule has 172 valence electrons. The van der Waals surface area contributed by atoms with Crippen molar-refractivity contribution in [2.45, 2.75) is 51.1 Å². The molecule has 0 aliphatic carbocycles. The number of nitrogens with one attached hydrogen (secondary N) is 3. The second kappa shape index (κ2) is 18.0. The molecule has 1 fully saturated rings. The Kier molecular flexibility index (Phi) is 15.7. The summed E-state index contributed by atoms with van der Waals surface area (Å²) >= 11 is 0. The standard InChI is InChI=1S/C21H37N3O6/c1-3-10-27-12-14-29-16-17-30-15-13-28-11-9-22-20(25)8-6-4-5-7-19-18(2)23-21(26)24-19/h1,18-19H,4-17H2,2H3,(H,22,25)(H2,23,24,26)/t18-,19+/m1/s1. The first kappa shape index (κ1) is 26.2. The molecule has 0 aromatic heterocycles. The highest BCUT2D eigenvalue weighted by Gasteiger charge is 2.26. The normalized spacial score (nSPS) is 17.9. The molecule has 0 saturated carbocycles. The Morgan fingerprint density at radius 3 is 2.20 bits per heavy atom. The second-order valence-corrected chi connectivity index (χ2v) is 7.06. The molecule has 9 heteroatoms. The summed E-state index contributed by atoms with van der Waals surface area (Å²) in [5.41, 5.74) is 0. The molecule has 0 bridgehead atoms. The fourth-order valence-corrected chi connectivity index (χ4v) is 2.93. The molecule has 3 amide bonds. The van der Waals surface area contributed by atoms with Crippen LogP contribution >= 0.6 is 0 Å². The number of carbonyl (C=O) groups is 2. The van der Waals surface area contributed by atoms with E-state index in [0.29, 0.717) is 65.8 Å². The summed E-state index contributed by atoms with van der Waals surface area (Å²) in [6, 6.07) is 0.274. The van der Waals surface area contributed by atoms with Gasteiger partial charge in [0.2, 0.25) is 5.91 Å². The monoisotopic (exact) mass is 427 g/mol. The van der Waals surface area contributed by atoms with Crippen LogP contribution in [0.4, 0.5) is 4.79 Å². The van der Waals surface area contributed by atoms with Gasteiger partial charge in [0, 0.05) is 19.0 Å². The number of amides is 3. The highest BCUT2D eigenvalue weighted by Crippen LogP contribution is 2.11. The van der Waals surface area contributed by atoms with Gasteiger partial charge in [-0.3, -0.25) is 4.79 Å². The summed E-state index contributed by atoms with van der Waals surface area (Å²) in [6.45, 7) is 6.20. The van der Waals surface area contributed by atoms with Crippen LogP contribution in [0.15, 0.2) is 0 Å². The highest BCUT2D eigenvalue weighted by molar-refractivity contribution is 5.77. The van der Waals surface area contributed by atoms with Gasteiger partial charge in [0.25, 0.3) is 0 Å². The van der Waals surface area contributed by atoms with E-state index in [1.807, 2.05) is 6.92 Å². The third-order valence-corrected chi connectivity index (χ3v) is 4.57. The number of urea groups is 1. The summed E-state index contributed by atoms with van der Waals surface area (Å²) in [7, 11) is 0. The Hall–Kier alpha value is -1.86. The summed E-state index contributed by atoms with van der Waals surface area (Å²) in [5, 5.41) is 8.59. The van der Waals surface area contributed by atoms with Crippen LogP contribution in [0.5, 0.6) is 0 Å². The molecule has 0 spiro atoms. The molecular weight excluding hydrogens is 390 g/mol. The average Bonchev–Trinajstić information content (AvgIpc) is 3.05. The van der Waals surface area contributed by atoms with Crippen LogP contribution in [0.1, 0.15) is 39.0 Å². The number of rotatable bonds is 19. The van der Waals surface area contributed by atoms with E-state index < -0.39 is 0 Å². The Balaban J connectivity index is 1.77. The highest BCUT2D eigenvalue weighted by atomic mass is 16.6. The van der Waals surface area contributed by atoms with E-state index in [4.69, 9.17) is 25.4 Å². The fourth-order valence-electron chi connectivity index (χ4n) is 2.93. The molecule has 0 aromatic rings. The Labute approximate surface area is 179 Å². The largest absolute Gasteiger partial charge is 0.377 e. The van der Waals surface area contributed by atoms with Gasteiger partial charge in [0.1, 0.15) is 6.61 Å². The maximum absolute atomic E-state index is 11.8. The van der Waals surface area contributed by atoms with E-state index in [9.17, 15) is 9.59 Å². The van der Waals surface area contributed by atoms with Gasteiger partial charge in [0.15, 0.2) is 0 Å². The second-order valence-electron chi connectivity index (χ2n) is 7.06. The van der Waals surface area contributed by atoms with Crippen LogP contribution in [0.2, 0.25) is 0 Å². The van der Waals surface area contributed by atoms with E-state index in [0.717, 1.165) is 25.7 Å². The number of hydrogen-bond donors (Lipinski definition) is 3. The molecule has 0 unspecified atom stereocenters. The van der Waals surface area contributed by atoms with Gasteiger partial charge in [-0.05, 0) is 19.8 Å². The van der Waals surface area contributed by atoms with Crippen molar-refractivity contribution in [1.82, 2.24) is 16.0 Å². The summed E-state index contributed by atoms with van der Waals surface area (Å²) in [6.07, 6.45) is 9.33. The lowest BCUT2D eigenvalue weighted by Gasteiger charge is -2.13. The molecule has 1 rings (SSSR count). The number of carbonyl (C=O) groups excluding carboxylic acids is 2.